The number of hydrogen-bond donors (Lipinski definition) is 1. The van der Waals surface area contributed by atoms with Crippen LogP contribution in [0.15, 0.2) is 22.7 Å². The molecule has 0 aliphatic heterocycles. The van der Waals surface area contributed by atoms with E-state index >= 15 is 0 Å². The van der Waals surface area contributed by atoms with Gasteiger partial charge in [-0.1, -0.05) is 22.0 Å². The average molecular weight is 273 g/mol. The summed E-state index contributed by atoms with van der Waals surface area (Å²) in [5, 5.41) is 9.73. The lowest BCUT2D eigenvalue weighted by Crippen LogP contribution is -2.16. The maximum Gasteiger partial charge on any atom is 0.339 e. The normalized spacial score (nSPS) is 12.3. The van der Waals surface area contributed by atoms with Crippen molar-refractivity contribution < 1.29 is 14.6 Å². The minimum absolute atomic E-state index is 0.267. The number of halogens is 1. The van der Waals surface area contributed by atoms with Crippen LogP contribution in [0.5, 0.6) is 0 Å². The first-order valence-electron chi connectivity index (χ1n) is 4.67. The summed E-state index contributed by atoms with van der Waals surface area (Å²) in [6.07, 6.45) is -1.21. The monoisotopic (exact) mass is 272 g/mol. The molecule has 15 heavy (non-hydrogen) atoms. The fourth-order valence-corrected chi connectivity index (χ4v) is 1.63. The summed E-state index contributed by atoms with van der Waals surface area (Å²) in [6, 6.07) is 5.41. The summed E-state index contributed by atoms with van der Waals surface area (Å²) < 4.78 is 5.57. The van der Waals surface area contributed by atoms with Crippen molar-refractivity contribution in [3.63, 3.8) is 0 Å². The van der Waals surface area contributed by atoms with Gasteiger partial charge in [-0.3, -0.25) is 0 Å². The first kappa shape index (κ1) is 12.2. The van der Waals surface area contributed by atoms with E-state index in [-0.39, 0.29) is 6.61 Å². The molecule has 1 N–H and O–H groups in total. The maximum atomic E-state index is 11.3. The number of aliphatic hydroxyl groups is 1. The van der Waals surface area contributed by atoms with E-state index in [1.54, 1.807) is 13.0 Å². The topological polar surface area (TPSA) is 46.5 Å². The van der Waals surface area contributed by atoms with Crippen LogP contribution >= 0.6 is 15.9 Å². The second kappa shape index (κ2) is 5.28. The van der Waals surface area contributed by atoms with Crippen molar-refractivity contribution in [2.45, 2.75) is 20.0 Å². The predicted octanol–water partition coefficient (Wildman–Crippen LogP) is 2.35. The summed E-state index contributed by atoms with van der Waals surface area (Å²) in [4.78, 5) is 11.3. The van der Waals surface area contributed by atoms with Crippen LogP contribution in [0, 0.1) is 6.92 Å². The van der Waals surface area contributed by atoms with Gasteiger partial charge < -0.3 is 9.84 Å². The van der Waals surface area contributed by atoms with Crippen molar-refractivity contribution in [2.75, 3.05) is 6.61 Å². The fourth-order valence-electron chi connectivity index (χ4n) is 1.25. The second-order valence-corrected chi connectivity index (χ2v) is 4.07. The third-order valence-electron chi connectivity index (χ3n) is 2.05. The zero-order chi connectivity index (χ0) is 11.4. The highest BCUT2D eigenvalue weighted by atomic mass is 79.9. The molecule has 0 aliphatic carbocycles. The van der Waals surface area contributed by atoms with E-state index in [1.807, 2.05) is 19.1 Å². The molecule has 0 saturated heterocycles. The lowest BCUT2D eigenvalue weighted by molar-refractivity contribution is -0.153. The smallest absolute Gasteiger partial charge is 0.339 e. The van der Waals surface area contributed by atoms with Crippen LogP contribution in [0.3, 0.4) is 0 Å². The van der Waals surface area contributed by atoms with Crippen molar-refractivity contribution in [1.29, 1.82) is 0 Å². The Bertz CT molecular complexity index is 363. The number of ether oxygens (including phenoxy) is 1. The van der Waals surface area contributed by atoms with Gasteiger partial charge in [-0.15, -0.1) is 0 Å². The molecule has 1 rings (SSSR count). The zero-order valence-corrected chi connectivity index (χ0v) is 10.2. The SMILES string of the molecule is CCOC(=O)C(O)c1cc(Br)ccc1C. The lowest BCUT2D eigenvalue weighted by Gasteiger charge is -2.12. The fraction of sp³-hybridized carbons (Fsp3) is 0.364. The number of benzene rings is 1. The van der Waals surface area contributed by atoms with E-state index in [0.29, 0.717) is 5.56 Å². The predicted molar refractivity (Wildman–Crippen MR) is 60.5 cm³/mol. The van der Waals surface area contributed by atoms with Crippen molar-refractivity contribution in [2.24, 2.45) is 0 Å². The lowest BCUT2D eigenvalue weighted by atomic mass is 10.0. The van der Waals surface area contributed by atoms with Crippen LogP contribution in [0.1, 0.15) is 24.2 Å². The molecule has 0 aromatic heterocycles. The third kappa shape index (κ3) is 3.04. The van der Waals surface area contributed by atoms with Gasteiger partial charge in [-0.2, -0.15) is 0 Å². The molecule has 0 radical (unpaired) electrons. The van der Waals surface area contributed by atoms with Crippen LogP contribution in [0.2, 0.25) is 0 Å². The zero-order valence-electron chi connectivity index (χ0n) is 8.66. The van der Waals surface area contributed by atoms with Gasteiger partial charge in [0, 0.05) is 4.47 Å². The number of aliphatic hydroxyl groups excluding tert-OH is 1. The van der Waals surface area contributed by atoms with E-state index in [4.69, 9.17) is 4.74 Å². The highest BCUT2D eigenvalue weighted by molar-refractivity contribution is 9.10. The molecule has 0 fully saturated rings. The van der Waals surface area contributed by atoms with Gasteiger partial charge in [0.25, 0.3) is 0 Å². The average Bonchev–Trinajstić information content (AvgIpc) is 2.21. The quantitative estimate of drug-likeness (QED) is 0.860. The van der Waals surface area contributed by atoms with Gasteiger partial charge >= 0.3 is 5.97 Å². The molecule has 1 aromatic rings. The Morgan fingerprint density at radius 1 is 1.60 bits per heavy atom. The van der Waals surface area contributed by atoms with Gasteiger partial charge in [0.05, 0.1) is 6.61 Å². The summed E-state index contributed by atoms with van der Waals surface area (Å²) in [5.74, 6) is -0.612. The Morgan fingerprint density at radius 3 is 2.87 bits per heavy atom. The second-order valence-electron chi connectivity index (χ2n) is 3.16. The summed E-state index contributed by atoms with van der Waals surface area (Å²) in [6.45, 7) is 3.81. The molecule has 0 saturated carbocycles. The maximum absolute atomic E-state index is 11.3. The Kier molecular flexibility index (Phi) is 4.29. The van der Waals surface area contributed by atoms with Crippen molar-refractivity contribution in [3.8, 4) is 0 Å². The summed E-state index contributed by atoms with van der Waals surface area (Å²) in [5.41, 5.74) is 1.43. The van der Waals surface area contributed by atoms with Crippen LogP contribution in [-0.2, 0) is 9.53 Å². The number of carbonyl (C=O) groups excluding carboxylic acids is 1. The molecule has 1 atom stereocenters. The first-order chi connectivity index (χ1) is 7.06. The van der Waals surface area contributed by atoms with Crippen LogP contribution in [0.4, 0.5) is 0 Å². The Balaban J connectivity index is 2.94. The minimum atomic E-state index is -1.21. The van der Waals surface area contributed by atoms with Gasteiger partial charge in [0.2, 0.25) is 0 Å². The van der Waals surface area contributed by atoms with E-state index in [0.717, 1.165) is 10.0 Å². The Hall–Kier alpha value is -0.870. The largest absolute Gasteiger partial charge is 0.464 e. The highest BCUT2D eigenvalue weighted by Crippen LogP contribution is 2.23. The van der Waals surface area contributed by atoms with Crippen molar-refractivity contribution in [1.82, 2.24) is 0 Å². The molecule has 1 aromatic carbocycles. The van der Waals surface area contributed by atoms with Gasteiger partial charge in [0.15, 0.2) is 6.10 Å². The van der Waals surface area contributed by atoms with Crippen LogP contribution in [-0.4, -0.2) is 17.7 Å². The van der Waals surface area contributed by atoms with Crippen molar-refractivity contribution >= 4 is 21.9 Å². The van der Waals surface area contributed by atoms with Gasteiger partial charge in [-0.25, -0.2) is 4.79 Å². The van der Waals surface area contributed by atoms with E-state index in [9.17, 15) is 9.90 Å². The molecule has 0 amide bonds. The van der Waals surface area contributed by atoms with Crippen LogP contribution in [0.25, 0.3) is 0 Å². The Morgan fingerprint density at radius 2 is 2.27 bits per heavy atom. The molecule has 82 valence electrons. The molecular formula is C11H13BrO3. The molecule has 4 heteroatoms. The van der Waals surface area contributed by atoms with Crippen molar-refractivity contribution in [3.05, 3.63) is 33.8 Å². The molecule has 1 unspecified atom stereocenters. The molecule has 0 spiro atoms. The molecule has 0 heterocycles. The van der Waals surface area contributed by atoms with Gasteiger partial charge in [0.1, 0.15) is 0 Å². The minimum Gasteiger partial charge on any atom is -0.464 e. The number of rotatable bonds is 3. The molecule has 0 bridgehead atoms. The number of hydrogen-bond acceptors (Lipinski definition) is 3. The Labute approximate surface area is 97.2 Å². The van der Waals surface area contributed by atoms with Gasteiger partial charge in [-0.05, 0) is 37.1 Å². The van der Waals surface area contributed by atoms with E-state index in [1.165, 1.54) is 0 Å². The van der Waals surface area contributed by atoms with Crippen LogP contribution < -0.4 is 0 Å². The molecule has 3 nitrogen and oxygen atoms in total. The summed E-state index contributed by atoms with van der Waals surface area (Å²) >= 11 is 3.29. The number of esters is 1. The van der Waals surface area contributed by atoms with E-state index in [2.05, 4.69) is 15.9 Å². The third-order valence-corrected chi connectivity index (χ3v) is 2.54. The standard InChI is InChI=1S/C11H13BrO3/c1-3-15-11(14)10(13)9-6-8(12)5-4-7(9)2/h4-6,10,13H,3H2,1-2H3. The first-order valence-corrected chi connectivity index (χ1v) is 5.46. The van der Waals surface area contributed by atoms with E-state index < -0.39 is 12.1 Å². The molecular weight excluding hydrogens is 260 g/mol. The highest BCUT2D eigenvalue weighted by Gasteiger charge is 2.20. The number of carbonyl (C=O) groups is 1. The summed E-state index contributed by atoms with van der Waals surface area (Å²) in [7, 11) is 0. The number of aryl methyl sites for hydroxylation is 1. The molecule has 0 aliphatic rings.